The molecule has 3 heterocycles. The summed E-state index contributed by atoms with van der Waals surface area (Å²) in [5, 5.41) is 2.54. The number of unbranched alkanes of at least 4 members (excludes halogenated alkanes) is 1. The SMILES string of the molecule is CCCCOc1c2n(cc(C(=O)NCc3ccc(F)cc3F)c1=O)C1(CC1)C1OCCCN1C2=O. The van der Waals surface area contributed by atoms with Gasteiger partial charge in [-0.3, -0.25) is 14.4 Å². The first kappa shape index (κ1) is 23.5. The standard InChI is InChI=1S/C25H27F2N3O5/c1-2-3-10-34-21-19-23(33)29-9-4-11-35-24(29)25(7-8-25)30(19)14-17(20(21)31)22(32)28-13-15-5-6-16(26)12-18(15)27/h5-6,12,14,24H,2-4,7-11,13H2,1H3,(H,28,32). The van der Waals surface area contributed by atoms with Crippen LogP contribution in [0.3, 0.4) is 0 Å². The number of carbonyl (C=O) groups is 2. The number of nitrogens with zero attached hydrogens (tertiary/aromatic N) is 2. The van der Waals surface area contributed by atoms with E-state index < -0.39 is 34.7 Å². The molecule has 1 N–H and O–H groups in total. The highest BCUT2D eigenvalue weighted by Gasteiger charge is 2.60. The van der Waals surface area contributed by atoms with E-state index in [1.165, 1.54) is 12.3 Å². The molecule has 1 spiro atoms. The van der Waals surface area contributed by atoms with Crippen molar-refractivity contribution in [3.05, 3.63) is 63.1 Å². The molecule has 8 nitrogen and oxygen atoms in total. The summed E-state index contributed by atoms with van der Waals surface area (Å²) in [6, 6.07) is 3.06. The van der Waals surface area contributed by atoms with Crippen LogP contribution in [0.15, 0.2) is 29.2 Å². The van der Waals surface area contributed by atoms with Gasteiger partial charge in [0, 0.05) is 30.9 Å². The Morgan fingerprint density at radius 2 is 2.09 bits per heavy atom. The lowest BCUT2D eigenvalue weighted by Gasteiger charge is -2.46. The summed E-state index contributed by atoms with van der Waals surface area (Å²) in [5.74, 6) is -2.74. The first-order valence-corrected chi connectivity index (χ1v) is 11.9. The molecule has 2 aliphatic heterocycles. The summed E-state index contributed by atoms with van der Waals surface area (Å²) in [5.41, 5.74) is -1.22. The molecule has 2 fully saturated rings. The predicted molar refractivity (Wildman–Crippen MR) is 121 cm³/mol. The normalized spacial score (nSPS) is 19.8. The number of fused-ring (bicyclic) bond motifs is 4. The van der Waals surface area contributed by atoms with E-state index in [0.29, 0.717) is 26.0 Å². The number of pyridine rings is 1. The molecule has 3 aliphatic rings. The van der Waals surface area contributed by atoms with Crippen LogP contribution in [-0.2, 0) is 16.8 Å². The first-order valence-electron chi connectivity index (χ1n) is 11.9. The summed E-state index contributed by atoms with van der Waals surface area (Å²) in [4.78, 5) is 41.6. The third-order valence-corrected chi connectivity index (χ3v) is 6.88. The molecule has 1 saturated carbocycles. The quantitative estimate of drug-likeness (QED) is 0.607. The van der Waals surface area contributed by atoms with Crippen molar-refractivity contribution in [1.29, 1.82) is 0 Å². The Kier molecular flexibility index (Phi) is 6.08. The number of amides is 2. The Labute approximate surface area is 200 Å². The number of nitrogens with one attached hydrogen (secondary N) is 1. The second-order valence-electron chi connectivity index (χ2n) is 9.22. The smallest absolute Gasteiger partial charge is 0.276 e. The summed E-state index contributed by atoms with van der Waals surface area (Å²) in [6.07, 6.45) is 4.60. The van der Waals surface area contributed by atoms with Crippen LogP contribution in [0.1, 0.15) is 65.4 Å². The number of carbonyl (C=O) groups excluding carboxylic acids is 2. The van der Waals surface area contributed by atoms with Crippen LogP contribution in [0.25, 0.3) is 0 Å². The van der Waals surface area contributed by atoms with Crippen molar-refractivity contribution in [2.75, 3.05) is 19.8 Å². The lowest BCUT2D eigenvalue weighted by atomic mass is 10.0. The molecular weight excluding hydrogens is 460 g/mol. The van der Waals surface area contributed by atoms with Gasteiger partial charge >= 0.3 is 0 Å². The maximum atomic E-state index is 14.0. The zero-order valence-corrected chi connectivity index (χ0v) is 19.4. The van der Waals surface area contributed by atoms with Gasteiger partial charge in [0.1, 0.15) is 17.2 Å². The molecule has 35 heavy (non-hydrogen) atoms. The van der Waals surface area contributed by atoms with Crippen LogP contribution in [0.4, 0.5) is 8.78 Å². The van der Waals surface area contributed by atoms with E-state index in [2.05, 4.69) is 5.32 Å². The number of hydrogen-bond acceptors (Lipinski definition) is 5. The monoisotopic (exact) mass is 487 g/mol. The molecule has 1 aromatic carbocycles. The van der Waals surface area contributed by atoms with Crippen molar-refractivity contribution in [3.8, 4) is 5.75 Å². The second-order valence-corrected chi connectivity index (χ2v) is 9.22. The molecule has 0 bridgehead atoms. The van der Waals surface area contributed by atoms with Crippen molar-refractivity contribution < 1.29 is 27.8 Å². The average Bonchev–Trinajstić information content (AvgIpc) is 3.64. The second kappa shape index (κ2) is 9.07. The van der Waals surface area contributed by atoms with Crippen LogP contribution in [-0.4, -0.2) is 47.3 Å². The van der Waals surface area contributed by atoms with E-state index in [1.807, 2.05) is 6.92 Å². The molecule has 1 atom stereocenters. The third kappa shape index (κ3) is 3.99. The van der Waals surface area contributed by atoms with Crippen molar-refractivity contribution in [3.63, 3.8) is 0 Å². The largest absolute Gasteiger partial charge is 0.487 e. The van der Waals surface area contributed by atoms with Gasteiger partial charge < -0.3 is 24.3 Å². The van der Waals surface area contributed by atoms with Gasteiger partial charge in [-0.1, -0.05) is 19.4 Å². The molecule has 1 saturated heterocycles. The fourth-order valence-corrected chi connectivity index (χ4v) is 4.85. The van der Waals surface area contributed by atoms with Crippen LogP contribution >= 0.6 is 0 Å². The van der Waals surface area contributed by atoms with E-state index in [1.54, 1.807) is 9.47 Å². The molecule has 5 rings (SSSR count). The number of benzene rings is 1. The van der Waals surface area contributed by atoms with Gasteiger partial charge in [0.25, 0.3) is 11.8 Å². The lowest BCUT2D eigenvalue weighted by Crippen LogP contribution is -2.59. The Morgan fingerprint density at radius 3 is 2.80 bits per heavy atom. The highest BCUT2D eigenvalue weighted by atomic mass is 19.1. The Bertz CT molecular complexity index is 1240. The molecule has 1 aromatic heterocycles. The van der Waals surface area contributed by atoms with E-state index in [9.17, 15) is 23.2 Å². The molecule has 1 unspecified atom stereocenters. The van der Waals surface area contributed by atoms with Crippen molar-refractivity contribution in [1.82, 2.24) is 14.8 Å². The Hall–Kier alpha value is -3.27. The van der Waals surface area contributed by atoms with Crippen LogP contribution in [0.5, 0.6) is 5.75 Å². The lowest BCUT2D eigenvalue weighted by molar-refractivity contribution is -0.120. The van der Waals surface area contributed by atoms with Gasteiger partial charge in [0.05, 0.1) is 18.8 Å². The molecule has 1 aliphatic carbocycles. The zero-order chi connectivity index (χ0) is 24.7. The Morgan fingerprint density at radius 1 is 1.29 bits per heavy atom. The number of rotatable bonds is 7. The maximum Gasteiger partial charge on any atom is 0.276 e. The van der Waals surface area contributed by atoms with Crippen LogP contribution < -0.4 is 15.5 Å². The van der Waals surface area contributed by atoms with Crippen molar-refractivity contribution in [2.24, 2.45) is 0 Å². The van der Waals surface area contributed by atoms with Gasteiger partial charge in [-0.2, -0.15) is 0 Å². The first-order chi connectivity index (χ1) is 16.9. The maximum absolute atomic E-state index is 14.0. The summed E-state index contributed by atoms with van der Waals surface area (Å²) in [6.45, 7) is 3.03. The topological polar surface area (TPSA) is 89.9 Å². The predicted octanol–water partition coefficient (Wildman–Crippen LogP) is 2.93. The van der Waals surface area contributed by atoms with E-state index in [4.69, 9.17) is 9.47 Å². The average molecular weight is 488 g/mol. The van der Waals surface area contributed by atoms with Gasteiger partial charge in [0.2, 0.25) is 5.43 Å². The van der Waals surface area contributed by atoms with Crippen LogP contribution in [0.2, 0.25) is 0 Å². The highest BCUT2D eigenvalue weighted by Crippen LogP contribution is 2.53. The minimum atomic E-state index is -0.798. The number of ether oxygens (including phenoxy) is 2. The number of halogens is 2. The highest BCUT2D eigenvalue weighted by molar-refractivity contribution is 5.99. The number of aromatic nitrogens is 1. The van der Waals surface area contributed by atoms with Gasteiger partial charge in [-0.15, -0.1) is 0 Å². The minimum Gasteiger partial charge on any atom is -0.487 e. The Balaban J connectivity index is 1.54. The summed E-state index contributed by atoms with van der Waals surface area (Å²) in [7, 11) is 0. The summed E-state index contributed by atoms with van der Waals surface area (Å²) < 4.78 is 40.7. The molecular formula is C25H27F2N3O5. The van der Waals surface area contributed by atoms with E-state index in [-0.39, 0.29) is 41.6 Å². The molecule has 2 aromatic rings. The summed E-state index contributed by atoms with van der Waals surface area (Å²) >= 11 is 0. The zero-order valence-electron chi connectivity index (χ0n) is 19.4. The van der Waals surface area contributed by atoms with Crippen molar-refractivity contribution in [2.45, 2.75) is 57.3 Å². The molecule has 10 heteroatoms. The fourth-order valence-electron chi connectivity index (χ4n) is 4.85. The fraction of sp³-hybridized carbons (Fsp3) is 0.480. The minimum absolute atomic E-state index is 0.0809. The third-order valence-electron chi connectivity index (χ3n) is 6.88. The van der Waals surface area contributed by atoms with Crippen LogP contribution in [0, 0.1) is 11.6 Å². The number of hydrogen-bond donors (Lipinski definition) is 1. The molecule has 2 amide bonds. The van der Waals surface area contributed by atoms with Gasteiger partial charge in [-0.25, -0.2) is 8.78 Å². The molecule has 186 valence electrons. The van der Waals surface area contributed by atoms with Gasteiger partial charge in [-0.05, 0) is 31.7 Å². The molecule has 0 radical (unpaired) electrons. The van der Waals surface area contributed by atoms with E-state index >= 15 is 0 Å². The van der Waals surface area contributed by atoms with Gasteiger partial charge in [0.15, 0.2) is 17.7 Å². The van der Waals surface area contributed by atoms with Crippen molar-refractivity contribution >= 4 is 11.8 Å². The van der Waals surface area contributed by atoms with E-state index in [0.717, 1.165) is 31.4 Å².